The predicted molar refractivity (Wildman–Crippen MR) is 123 cm³/mol. The number of benzene rings is 2. The van der Waals surface area contributed by atoms with Crippen molar-refractivity contribution in [2.45, 2.75) is 23.9 Å². The topological polar surface area (TPSA) is 106 Å². The van der Waals surface area contributed by atoms with Gasteiger partial charge in [-0.3, -0.25) is 9.59 Å². The molecule has 0 saturated heterocycles. The van der Waals surface area contributed by atoms with Gasteiger partial charge in [0.05, 0.1) is 13.3 Å². The van der Waals surface area contributed by atoms with E-state index in [1.165, 1.54) is 17.6 Å². The fourth-order valence-electron chi connectivity index (χ4n) is 2.51. The highest BCUT2D eigenvalue weighted by Crippen LogP contribution is 2.30. The molecule has 0 fully saturated rings. The van der Waals surface area contributed by atoms with Crippen LogP contribution in [0.25, 0.3) is 0 Å². The van der Waals surface area contributed by atoms with Crippen LogP contribution in [0.2, 0.25) is 0 Å². The molecule has 0 aliphatic carbocycles. The van der Waals surface area contributed by atoms with Gasteiger partial charge in [-0.15, -0.1) is 10.2 Å². The van der Waals surface area contributed by atoms with Gasteiger partial charge in [0.25, 0.3) is 0 Å². The lowest BCUT2D eigenvalue weighted by atomic mass is 10.1. The number of rotatable bonds is 7. The second kappa shape index (κ2) is 10.7. The van der Waals surface area contributed by atoms with Crippen LogP contribution in [-0.4, -0.2) is 35.3 Å². The minimum atomic E-state index is -0.854. The first-order valence-electron chi connectivity index (χ1n) is 9.25. The number of nitrogens with one attached hydrogen (secondary N) is 2. The molecule has 3 aromatic rings. The second-order valence-electron chi connectivity index (χ2n) is 6.47. The maximum absolute atomic E-state index is 12.0. The molecule has 8 nitrogen and oxygen atoms in total. The molecule has 0 bridgehead atoms. The van der Waals surface area contributed by atoms with Crippen LogP contribution in [0.4, 0.5) is 5.69 Å². The highest BCUT2D eigenvalue weighted by molar-refractivity contribution is 8.00. The van der Waals surface area contributed by atoms with Crippen molar-refractivity contribution in [2.75, 3.05) is 12.4 Å². The molecule has 31 heavy (non-hydrogen) atoms. The van der Waals surface area contributed by atoms with Crippen LogP contribution in [0.3, 0.4) is 0 Å². The van der Waals surface area contributed by atoms with Gasteiger partial charge in [0, 0.05) is 17.0 Å². The third-order valence-corrected chi connectivity index (χ3v) is 6.08. The Morgan fingerprint density at radius 1 is 1.13 bits per heavy atom. The standard InChI is InChI=1S/C21H21N5O3S2/c1-13-4-7-17(8-5-13)23-19(27)20(28)25-22-11-15-6-9-18(29-3)16(10-15)12-30-21-26-24-14(2)31-21/h4-11H,12H2,1-3H3,(H,23,27)(H,25,28)/b22-11+. The molecule has 1 heterocycles. The fourth-order valence-corrected chi connectivity index (χ4v) is 4.30. The van der Waals surface area contributed by atoms with Crippen LogP contribution < -0.4 is 15.5 Å². The summed E-state index contributed by atoms with van der Waals surface area (Å²) in [6.45, 7) is 3.85. The first-order chi connectivity index (χ1) is 14.9. The first kappa shape index (κ1) is 22.4. The molecule has 10 heteroatoms. The molecule has 2 amide bonds. The van der Waals surface area contributed by atoms with Crippen LogP contribution in [0.5, 0.6) is 5.75 Å². The number of aromatic nitrogens is 2. The molecule has 1 aromatic heterocycles. The third kappa shape index (κ3) is 6.63. The summed E-state index contributed by atoms with van der Waals surface area (Å²) < 4.78 is 6.30. The van der Waals surface area contributed by atoms with Gasteiger partial charge in [0.1, 0.15) is 10.8 Å². The highest BCUT2D eigenvalue weighted by Gasteiger charge is 2.13. The molecule has 3 rings (SSSR count). The normalized spacial score (nSPS) is 10.8. The van der Waals surface area contributed by atoms with E-state index in [-0.39, 0.29) is 0 Å². The van der Waals surface area contributed by atoms with Gasteiger partial charge in [-0.25, -0.2) is 5.43 Å². The number of nitrogens with zero attached hydrogens (tertiary/aromatic N) is 3. The summed E-state index contributed by atoms with van der Waals surface area (Å²) in [6, 6.07) is 12.7. The van der Waals surface area contributed by atoms with Crippen molar-refractivity contribution in [1.29, 1.82) is 0 Å². The summed E-state index contributed by atoms with van der Waals surface area (Å²) in [7, 11) is 1.61. The molecule has 0 saturated carbocycles. The minimum Gasteiger partial charge on any atom is -0.496 e. The molecule has 0 spiro atoms. The maximum atomic E-state index is 12.0. The third-order valence-electron chi connectivity index (χ3n) is 4.06. The van der Waals surface area contributed by atoms with Crippen LogP contribution in [0.1, 0.15) is 21.7 Å². The lowest BCUT2D eigenvalue weighted by Gasteiger charge is -2.08. The number of methoxy groups -OCH3 is 1. The quantitative estimate of drug-likeness (QED) is 0.244. The van der Waals surface area contributed by atoms with Gasteiger partial charge in [-0.2, -0.15) is 5.10 Å². The number of carbonyl (C=O) groups excluding carboxylic acids is 2. The lowest BCUT2D eigenvalue weighted by molar-refractivity contribution is -0.136. The average Bonchev–Trinajstić information content (AvgIpc) is 3.19. The van der Waals surface area contributed by atoms with E-state index in [0.29, 0.717) is 11.4 Å². The number of aryl methyl sites for hydroxylation is 2. The Kier molecular flexibility index (Phi) is 7.74. The van der Waals surface area contributed by atoms with Crippen molar-refractivity contribution in [3.8, 4) is 5.75 Å². The lowest BCUT2D eigenvalue weighted by Crippen LogP contribution is -2.32. The summed E-state index contributed by atoms with van der Waals surface area (Å²) in [5.74, 6) is -0.259. The van der Waals surface area contributed by atoms with Crippen LogP contribution in [0.15, 0.2) is 51.9 Å². The Labute approximate surface area is 188 Å². The number of anilines is 1. The average molecular weight is 456 g/mol. The molecule has 0 unspecified atom stereocenters. The smallest absolute Gasteiger partial charge is 0.329 e. The number of hydrogen-bond acceptors (Lipinski definition) is 8. The molecular formula is C21H21N5O3S2. The summed E-state index contributed by atoms with van der Waals surface area (Å²) in [5, 5.41) is 15.4. The first-order valence-corrected chi connectivity index (χ1v) is 11.1. The van der Waals surface area contributed by atoms with E-state index in [2.05, 4.69) is 26.0 Å². The molecular weight excluding hydrogens is 434 g/mol. The monoisotopic (exact) mass is 455 g/mol. The highest BCUT2D eigenvalue weighted by atomic mass is 32.2. The molecule has 0 aliphatic rings. The zero-order valence-electron chi connectivity index (χ0n) is 17.2. The van der Waals surface area contributed by atoms with Crippen LogP contribution in [-0.2, 0) is 15.3 Å². The number of thioether (sulfide) groups is 1. The summed E-state index contributed by atoms with van der Waals surface area (Å²) in [6.07, 6.45) is 1.47. The molecule has 2 aromatic carbocycles. The Balaban J connectivity index is 1.58. The van der Waals surface area contributed by atoms with Gasteiger partial charge in [0.15, 0.2) is 4.34 Å². The summed E-state index contributed by atoms with van der Waals surface area (Å²) in [5.41, 5.74) is 5.54. The SMILES string of the molecule is COc1ccc(/C=N/NC(=O)C(=O)Nc2ccc(C)cc2)cc1CSc1nnc(C)s1. The van der Waals surface area contributed by atoms with E-state index in [9.17, 15) is 9.59 Å². The van der Waals surface area contributed by atoms with Crippen molar-refractivity contribution in [3.63, 3.8) is 0 Å². The molecule has 0 atom stereocenters. The Hall–Kier alpha value is -3.24. The van der Waals surface area contributed by atoms with Gasteiger partial charge in [-0.1, -0.05) is 40.8 Å². The number of ether oxygens (including phenoxy) is 1. The van der Waals surface area contributed by atoms with Gasteiger partial charge in [-0.05, 0) is 49.7 Å². The van der Waals surface area contributed by atoms with Crippen molar-refractivity contribution >= 4 is 46.8 Å². The van der Waals surface area contributed by atoms with Crippen molar-refractivity contribution in [3.05, 3.63) is 64.2 Å². The van der Waals surface area contributed by atoms with E-state index >= 15 is 0 Å². The van der Waals surface area contributed by atoms with Crippen LogP contribution in [0, 0.1) is 13.8 Å². The van der Waals surface area contributed by atoms with Gasteiger partial charge in [0.2, 0.25) is 0 Å². The zero-order valence-corrected chi connectivity index (χ0v) is 18.8. The molecule has 2 N–H and O–H groups in total. The van der Waals surface area contributed by atoms with E-state index in [4.69, 9.17) is 4.74 Å². The van der Waals surface area contributed by atoms with Crippen molar-refractivity contribution < 1.29 is 14.3 Å². The minimum absolute atomic E-state index is 0.539. The van der Waals surface area contributed by atoms with Gasteiger partial charge >= 0.3 is 11.8 Å². The Bertz CT molecular complexity index is 1100. The molecule has 0 aliphatic heterocycles. The summed E-state index contributed by atoms with van der Waals surface area (Å²) >= 11 is 3.10. The number of carbonyl (C=O) groups is 2. The summed E-state index contributed by atoms with van der Waals surface area (Å²) in [4.78, 5) is 23.9. The number of amides is 2. The van der Waals surface area contributed by atoms with Crippen molar-refractivity contribution in [1.82, 2.24) is 15.6 Å². The van der Waals surface area contributed by atoms with E-state index < -0.39 is 11.8 Å². The van der Waals surface area contributed by atoms with Crippen molar-refractivity contribution in [2.24, 2.45) is 5.10 Å². The maximum Gasteiger partial charge on any atom is 0.329 e. The van der Waals surface area contributed by atoms with Gasteiger partial charge < -0.3 is 10.1 Å². The Morgan fingerprint density at radius 3 is 2.58 bits per heavy atom. The largest absolute Gasteiger partial charge is 0.496 e. The Morgan fingerprint density at radius 2 is 1.90 bits per heavy atom. The molecule has 160 valence electrons. The number of hydrogen-bond donors (Lipinski definition) is 2. The van der Waals surface area contributed by atoms with Crippen LogP contribution >= 0.6 is 23.1 Å². The van der Waals surface area contributed by atoms with E-state index in [1.807, 2.05) is 44.2 Å². The second-order valence-corrected chi connectivity index (χ2v) is 8.87. The number of hydrazone groups is 1. The predicted octanol–water partition coefficient (Wildman–Crippen LogP) is 3.54. The fraction of sp³-hybridized carbons (Fsp3) is 0.190. The van der Waals surface area contributed by atoms with E-state index in [0.717, 1.165) is 31.8 Å². The van der Waals surface area contributed by atoms with E-state index in [1.54, 1.807) is 31.0 Å². The zero-order chi connectivity index (χ0) is 22.2. The molecule has 0 radical (unpaired) electrons.